The molecule has 5 nitrogen and oxygen atoms in total. The molecule has 0 saturated carbocycles. The first-order chi connectivity index (χ1) is 13.1. The van der Waals surface area contributed by atoms with Crippen LogP contribution in [0.25, 0.3) is 0 Å². The average Bonchev–Trinajstić information content (AvgIpc) is 2.70. The van der Waals surface area contributed by atoms with Gasteiger partial charge in [-0.1, -0.05) is 36.4 Å². The summed E-state index contributed by atoms with van der Waals surface area (Å²) in [5.41, 5.74) is 1.91. The summed E-state index contributed by atoms with van der Waals surface area (Å²) >= 11 is 0. The van der Waals surface area contributed by atoms with Crippen LogP contribution < -0.4 is 10.1 Å². The summed E-state index contributed by atoms with van der Waals surface area (Å²) in [5, 5.41) is 3.01. The molecule has 3 rings (SSSR count). The van der Waals surface area contributed by atoms with Gasteiger partial charge < -0.3 is 15.0 Å². The van der Waals surface area contributed by atoms with Crippen LogP contribution >= 0.6 is 0 Å². The van der Waals surface area contributed by atoms with Gasteiger partial charge in [0, 0.05) is 24.7 Å². The lowest BCUT2D eigenvalue weighted by molar-refractivity contribution is -0.135. The fraction of sp³-hybridized carbons (Fsp3) is 0.364. The van der Waals surface area contributed by atoms with Crippen LogP contribution in [0.4, 0.5) is 5.69 Å². The predicted molar refractivity (Wildman–Crippen MR) is 106 cm³/mol. The number of aryl methyl sites for hydroxylation is 1. The van der Waals surface area contributed by atoms with Crippen molar-refractivity contribution >= 4 is 17.5 Å². The van der Waals surface area contributed by atoms with Crippen molar-refractivity contribution in [1.29, 1.82) is 0 Å². The number of carbonyl (C=O) groups excluding carboxylic acids is 2. The normalized spacial score (nSPS) is 14.6. The van der Waals surface area contributed by atoms with E-state index in [0.29, 0.717) is 39.0 Å². The number of nitrogens with zero attached hydrogens (tertiary/aromatic N) is 1. The molecule has 1 saturated heterocycles. The molecule has 1 heterocycles. The molecule has 2 aromatic carbocycles. The largest absolute Gasteiger partial charge is 0.493 e. The summed E-state index contributed by atoms with van der Waals surface area (Å²) in [6, 6.07) is 17.3. The molecule has 27 heavy (non-hydrogen) atoms. The van der Waals surface area contributed by atoms with E-state index in [1.54, 1.807) is 0 Å². The zero-order chi connectivity index (χ0) is 19.1. The fourth-order valence-electron chi connectivity index (χ4n) is 3.27. The molecule has 1 N–H and O–H groups in total. The standard InChI is InChI=1S/C22H26N2O3/c1-17-7-5-6-10-20(17)23-22(26)18-11-14-24(15-12-18)21(25)13-16-27-19-8-3-2-4-9-19/h2-10,18H,11-16H2,1H3,(H,23,26). The molecule has 1 aliphatic heterocycles. The van der Waals surface area contributed by atoms with Crippen LogP contribution in [0.2, 0.25) is 0 Å². The molecule has 0 aliphatic carbocycles. The number of rotatable bonds is 6. The molecule has 2 aromatic rings. The van der Waals surface area contributed by atoms with E-state index in [0.717, 1.165) is 17.0 Å². The van der Waals surface area contributed by atoms with Crippen molar-refractivity contribution in [2.75, 3.05) is 25.0 Å². The van der Waals surface area contributed by atoms with Crippen molar-refractivity contribution in [3.8, 4) is 5.75 Å². The van der Waals surface area contributed by atoms with E-state index in [9.17, 15) is 9.59 Å². The second kappa shape index (κ2) is 9.21. The third kappa shape index (κ3) is 5.33. The Morgan fingerprint density at radius 2 is 1.70 bits per heavy atom. The van der Waals surface area contributed by atoms with Gasteiger partial charge in [0.25, 0.3) is 0 Å². The van der Waals surface area contributed by atoms with E-state index in [2.05, 4.69) is 5.32 Å². The van der Waals surface area contributed by atoms with Gasteiger partial charge in [0.1, 0.15) is 5.75 Å². The number of hydrogen-bond acceptors (Lipinski definition) is 3. The molecule has 1 fully saturated rings. The minimum Gasteiger partial charge on any atom is -0.493 e. The number of benzene rings is 2. The molecule has 2 amide bonds. The Kier molecular flexibility index (Phi) is 6.47. The number of ether oxygens (including phenoxy) is 1. The second-order valence-electron chi connectivity index (χ2n) is 6.87. The van der Waals surface area contributed by atoms with Crippen LogP contribution in [0.3, 0.4) is 0 Å². The number of likely N-dealkylation sites (tertiary alicyclic amines) is 1. The highest BCUT2D eigenvalue weighted by Crippen LogP contribution is 2.21. The van der Waals surface area contributed by atoms with Crippen LogP contribution in [0.5, 0.6) is 5.75 Å². The van der Waals surface area contributed by atoms with Crippen molar-refractivity contribution in [2.45, 2.75) is 26.2 Å². The molecule has 0 radical (unpaired) electrons. The van der Waals surface area contributed by atoms with Crippen molar-refractivity contribution < 1.29 is 14.3 Å². The average molecular weight is 366 g/mol. The highest BCUT2D eigenvalue weighted by molar-refractivity contribution is 5.93. The number of nitrogens with one attached hydrogen (secondary N) is 1. The molecule has 0 spiro atoms. The van der Waals surface area contributed by atoms with Crippen LogP contribution in [-0.2, 0) is 9.59 Å². The number of piperidine rings is 1. The summed E-state index contributed by atoms with van der Waals surface area (Å²) in [4.78, 5) is 26.7. The Hall–Kier alpha value is -2.82. The van der Waals surface area contributed by atoms with E-state index in [1.165, 1.54) is 0 Å². The summed E-state index contributed by atoms with van der Waals surface area (Å²) in [6.07, 6.45) is 1.75. The third-order valence-corrected chi connectivity index (χ3v) is 4.95. The third-order valence-electron chi connectivity index (χ3n) is 4.95. The Labute approximate surface area is 160 Å². The van der Waals surface area contributed by atoms with Gasteiger partial charge in [-0.05, 0) is 43.5 Å². The number of anilines is 1. The zero-order valence-electron chi connectivity index (χ0n) is 15.7. The van der Waals surface area contributed by atoms with Crippen molar-refractivity contribution in [3.05, 3.63) is 60.2 Å². The monoisotopic (exact) mass is 366 g/mol. The summed E-state index contributed by atoms with van der Waals surface area (Å²) in [6.45, 7) is 3.59. The van der Waals surface area contributed by atoms with Crippen LogP contribution in [0.1, 0.15) is 24.8 Å². The molecule has 0 aromatic heterocycles. The molecule has 1 aliphatic rings. The minimum absolute atomic E-state index is 0.0452. The van der Waals surface area contributed by atoms with Gasteiger partial charge in [-0.25, -0.2) is 0 Å². The van der Waals surface area contributed by atoms with Crippen molar-refractivity contribution in [2.24, 2.45) is 5.92 Å². The van der Waals surface area contributed by atoms with Crippen molar-refractivity contribution in [3.63, 3.8) is 0 Å². The maximum Gasteiger partial charge on any atom is 0.227 e. The fourth-order valence-corrected chi connectivity index (χ4v) is 3.27. The molecule has 5 heteroatoms. The van der Waals surface area contributed by atoms with Gasteiger partial charge in [-0.3, -0.25) is 9.59 Å². The smallest absolute Gasteiger partial charge is 0.227 e. The zero-order valence-corrected chi connectivity index (χ0v) is 15.7. The van der Waals surface area contributed by atoms with E-state index >= 15 is 0 Å². The van der Waals surface area contributed by atoms with E-state index in [4.69, 9.17) is 4.74 Å². The van der Waals surface area contributed by atoms with Crippen LogP contribution in [-0.4, -0.2) is 36.4 Å². The van der Waals surface area contributed by atoms with Crippen molar-refractivity contribution in [1.82, 2.24) is 4.90 Å². The lowest BCUT2D eigenvalue weighted by Crippen LogP contribution is -2.41. The minimum atomic E-state index is -0.0470. The Balaban J connectivity index is 1.41. The first kappa shape index (κ1) is 19.0. The topological polar surface area (TPSA) is 58.6 Å². The van der Waals surface area contributed by atoms with Gasteiger partial charge in [0.05, 0.1) is 13.0 Å². The summed E-state index contributed by atoms with van der Waals surface area (Å²) in [7, 11) is 0. The number of amides is 2. The highest BCUT2D eigenvalue weighted by atomic mass is 16.5. The maximum absolute atomic E-state index is 12.5. The van der Waals surface area contributed by atoms with Gasteiger partial charge in [0.2, 0.25) is 11.8 Å². The first-order valence-electron chi connectivity index (χ1n) is 9.45. The van der Waals surface area contributed by atoms with Crippen LogP contribution in [0.15, 0.2) is 54.6 Å². The highest BCUT2D eigenvalue weighted by Gasteiger charge is 2.27. The van der Waals surface area contributed by atoms with Gasteiger partial charge in [-0.15, -0.1) is 0 Å². The Morgan fingerprint density at radius 3 is 2.41 bits per heavy atom. The van der Waals surface area contributed by atoms with E-state index in [-0.39, 0.29) is 17.7 Å². The molecule has 0 unspecified atom stereocenters. The molecular formula is C22H26N2O3. The molecule has 0 atom stereocenters. The number of para-hydroxylation sites is 2. The molecular weight excluding hydrogens is 340 g/mol. The summed E-state index contributed by atoms with van der Waals surface area (Å²) in [5.74, 6) is 0.860. The molecule has 0 bridgehead atoms. The second-order valence-corrected chi connectivity index (χ2v) is 6.87. The van der Waals surface area contributed by atoms with Gasteiger partial charge >= 0.3 is 0 Å². The lowest BCUT2D eigenvalue weighted by Gasteiger charge is -2.31. The van der Waals surface area contributed by atoms with Gasteiger partial charge in [-0.2, -0.15) is 0 Å². The Morgan fingerprint density at radius 1 is 1.04 bits per heavy atom. The lowest BCUT2D eigenvalue weighted by atomic mass is 9.95. The quantitative estimate of drug-likeness (QED) is 0.849. The van der Waals surface area contributed by atoms with Gasteiger partial charge in [0.15, 0.2) is 0 Å². The van der Waals surface area contributed by atoms with E-state index in [1.807, 2.05) is 66.4 Å². The SMILES string of the molecule is Cc1ccccc1NC(=O)C1CCN(C(=O)CCOc2ccccc2)CC1. The molecule has 142 valence electrons. The maximum atomic E-state index is 12.5. The Bertz CT molecular complexity index is 768. The van der Waals surface area contributed by atoms with Crippen LogP contribution in [0, 0.1) is 12.8 Å². The number of carbonyl (C=O) groups is 2. The summed E-state index contributed by atoms with van der Waals surface area (Å²) < 4.78 is 5.59. The van der Waals surface area contributed by atoms with E-state index < -0.39 is 0 Å². The number of hydrogen-bond donors (Lipinski definition) is 1. The first-order valence-corrected chi connectivity index (χ1v) is 9.45. The predicted octanol–water partition coefficient (Wildman–Crippen LogP) is 3.64.